The first-order chi connectivity index (χ1) is 7.97. The number of rotatable bonds is 5. The van der Waals surface area contributed by atoms with E-state index in [1.807, 2.05) is 0 Å². The largest absolute Gasteiger partial charge is 0.310 e. The fourth-order valence-electron chi connectivity index (χ4n) is 2.65. The van der Waals surface area contributed by atoms with Gasteiger partial charge in [-0.2, -0.15) is 0 Å². The lowest BCUT2D eigenvalue weighted by Gasteiger charge is -2.26. The van der Waals surface area contributed by atoms with Gasteiger partial charge in [0.05, 0.1) is 0 Å². The van der Waals surface area contributed by atoms with E-state index < -0.39 is 0 Å². The van der Waals surface area contributed by atoms with Crippen molar-refractivity contribution in [2.75, 3.05) is 6.54 Å². The Morgan fingerprint density at radius 2 is 1.59 bits per heavy atom. The third-order valence-corrected chi connectivity index (χ3v) is 3.33. The molecule has 0 radical (unpaired) electrons. The fourth-order valence-corrected chi connectivity index (χ4v) is 2.65. The van der Waals surface area contributed by atoms with Crippen LogP contribution in [0.3, 0.4) is 0 Å². The lowest BCUT2D eigenvalue weighted by atomic mass is 9.88. The van der Waals surface area contributed by atoms with E-state index in [1.54, 1.807) is 0 Å². The molecule has 0 saturated carbocycles. The summed E-state index contributed by atoms with van der Waals surface area (Å²) in [6, 6.07) is 5.08. The van der Waals surface area contributed by atoms with Crippen molar-refractivity contribution in [2.45, 2.75) is 54.0 Å². The molecule has 0 bridgehead atoms. The molecule has 1 rings (SSSR count). The highest BCUT2D eigenvalue weighted by Crippen LogP contribution is 2.28. The van der Waals surface area contributed by atoms with Crippen LogP contribution in [0.25, 0.3) is 0 Å². The Balaban J connectivity index is 3.09. The summed E-state index contributed by atoms with van der Waals surface area (Å²) < 4.78 is 0. The van der Waals surface area contributed by atoms with Gasteiger partial charge in [-0.25, -0.2) is 0 Å². The molecular weight excluding hydrogens is 206 g/mol. The maximum atomic E-state index is 3.69. The molecule has 17 heavy (non-hydrogen) atoms. The van der Waals surface area contributed by atoms with E-state index in [0.717, 1.165) is 6.54 Å². The molecule has 1 aromatic carbocycles. The van der Waals surface area contributed by atoms with E-state index in [9.17, 15) is 0 Å². The third kappa shape index (κ3) is 3.57. The predicted octanol–water partition coefficient (Wildman–Crippen LogP) is 4.31. The number of nitrogens with one attached hydrogen (secondary N) is 1. The van der Waals surface area contributed by atoms with Crippen molar-refractivity contribution >= 4 is 0 Å². The molecule has 0 heterocycles. The first-order valence-corrected chi connectivity index (χ1v) is 6.78. The summed E-state index contributed by atoms with van der Waals surface area (Å²) in [4.78, 5) is 0. The van der Waals surface area contributed by atoms with Crippen LogP contribution in [0, 0.1) is 26.7 Å². The van der Waals surface area contributed by atoms with Gasteiger partial charge in [0.1, 0.15) is 0 Å². The molecule has 1 aromatic rings. The summed E-state index contributed by atoms with van der Waals surface area (Å²) in [6.07, 6.45) is 1.19. The Morgan fingerprint density at radius 3 is 2.00 bits per heavy atom. The van der Waals surface area contributed by atoms with Gasteiger partial charge in [0.15, 0.2) is 0 Å². The lowest BCUT2D eigenvalue weighted by molar-refractivity contribution is 0.410. The van der Waals surface area contributed by atoms with E-state index in [1.165, 1.54) is 28.7 Å². The molecule has 0 fully saturated rings. The van der Waals surface area contributed by atoms with Crippen molar-refractivity contribution in [3.05, 3.63) is 34.4 Å². The second kappa shape index (κ2) is 6.20. The molecule has 1 heteroatoms. The van der Waals surface area contributed by atoms with Gasteiger partial charge < -0.3 is 5.32 Å². The third-order valence-electron chi connectivity index (χ3n) is 3.33. The molecule has 0 saturated heterocycles. The summed E-state index contributed by atoms with van der Waals surface area (Å²) in [5.41, 5.74) is 5.70. The minimum atomic E-state index is 0.482. The summed E-state index contributed by atoms with van der Waals surface area (Å²) >= 11 is 0. The molecule has 96 valence electrons. The second-order valence-corrected chi connectivity index (χ2v) is 5.49. The second-order valence-electron chi connectivity index (χ2n) is 5.49. The highest BCUT2D eigenvalue weighted by atomic mass is 14.9. The summed E-state index contributed by atoms with van der Waals surface area (Å²) in [6.45, 7) is 14.6. The predicted molar refractivity (Wildman–Crippen MR) is 76.5 cm³/mol. The summed E-state index contributed by atoms with van der Waals surface area (Å²) in [5.74, 6) is 0.627. The van der Waals surface area contributed by atoms with Crippen molar-refractivity contribution in [3.63, 3.8) is 0 Å². The maximum absolute atomic E-state index is 3.69. The van der Waals surface area contributed by atoms with Gasteiger partial charge in [0.2, 0.25) is 0 Å². The zero-order valence-corrected chi connectivity index (χ0v) is 12.2. The lowest BCUT2D eigenvalue weighted by Crippen LogP contribution is -2.27. The number of hydrogen-bond donors (Lipinski definition) is 1. The number of aryl methyl sites for hydroxylation is 3. The van der Waals surface area contributed by atoms with E-state index in [2.05, 4.69) is 59.0 Å². The van der Waals surface area contributed by atoms with Crippen molar-refractivity contribution < 1.29 is 0 Å². The van der Waals surface area contributed by atoms with Gasteiger partial charge in [0.25, 0.3) is 0 Å². The van der Waals surface area contributed by atoms with Gasteiger partial charge in [-0.15, -0.1) is 0 Å². The monoisotopic (exact) mass is 233 g/mol. The van der Waals surface area contributed by atoms with Crippen LogP contribution in [0.2, 0.25) is 0 Å². The minimum Gasteiger partial charge on any atom is -0.310 e. The maximum Gasteiger partial charge on any atom is 0.0348 e. The van der Waals surface area contributed by atoms with E-state index in [0.29, 0.717) is 12.0 Å². The van der Waals surface area contributed by atoms with Crippen LogP contribution in [0.1, 0.15) is 55.5 Å². The average Bonchev–Trinajstić information content (AvgIpc) is 2.20. The Hall–Kier alpha value is -0.820. The normalized spacial score (nSPS) is 13.1. The molecule has 0 spiro atoms. The average molecular weight is 233 g/mol. The summed E-state index contributed by atoms with van der Waals surface area (Å²) in [5, 5.41) is 3.69. The quantitative estimate of drug-likeness (QED) is 0.799. The van der Waals surface area contributed by atoms with Crippen LogP contribution in [-0.2, 0) is 0 Å². The van der Waals surface area contributed by atoms with Gasteiger partial charge >= 0.3 is 0 Å². The van der Waals surface area contributed by atoms with Crippen molar-refractivity contribution in [2.24, 2.45) is 5.92 Å². The Bertz CT molecular complexity index is 343. The molecule has 0 aromatic heterocycles. The van der Waals surface area contributed by atoms with Crippen LogP contribution < -0.4 is 5.32 Å². The van der Waals surface area contributed by atoms with Crippen LogP contribution in [-0.4, -0.2) is 6.54 Å². The van der Waals surface area contributed by atoms with E-state index in [-0.39, 0.29) is 0 Å². The topological polar surface area (TPSA) is 12.0 Å². The summed E-state index contributed by atoms with van der Waals surface area (Å²) in [7, 11) is 0. The smallest absolute Gasteiger partial charge is 0.0348 e. The molecule has 1 nitrogen and oxygen atoms in total. The standard InChI is InChI=1S/C16H27N/c1-7-8-17-16(11(2)3)15-13(5)9-12(4)10-14(15)6/h9-11,16-17H,7-8H2,1-6H3. The van der Waals surface area contributed by atoms with E-state index in [4.69, 9.17) is 0 Å². The first-order valence-electron chi connectivity index (χ1n) is 6.78. The molecule has 0 aliphatic rings. The first kappa shape index (κ1) is 14.2. The van der Waals surface area contributed by atoms with Gasteiger partial charge in [-0.3, -0.25) is 0 Å². The molecular formula is C16H27N. The van der Waals surface area contributed by atoms with Crippen LogP contribution >= 0.6 is 0 Å². The van der Waals surface area contributed by atoms with Crippen molar-refractivity contribution in [1.29, 1.82) is 0 Å². The zero-order chi connectivity index (χ0) is 13.0. The van der Waals surface area contributed by atoms with Gasteiger partial charge in [0, 0.05) is 6.04 Å². The molecule has 1 N–H and O–H groups in total. The van der Waals surface area contributed by atoms with Crippen LogP contribution in [0.5, 0.6) is 0 Å². The Labute approximate surface area is 107 Å². The van der Waals surface area contributed by atoms with Crippen LogP contribution in [0.15, 0.2) is 12.1 Å². The fraction of sp³-hybridized carbons (Fsp3) is 0.625. The highest BCUT2D eigenvalue weighted by Gasteiger charge is 2.18. The minimum absolute atomic E-state index is 0.482. The van der Waals surface area contributed by atoms with Gasteiger partial charge in [-0.1, -0.05) is 38.5 Å². The SMILES string of the molecule is CCCNC(c1c(C)cc(C)cc1C)C(C)C. The Morgan fingerprint density at radius 1 is 1.06 bits per heavy atom. The number of hydrogen-bond acceptors (Lipinski definition) is 1. The Kier molecular flexibility index (Phi) is 5.20. The molecule has 1 unspecified atom stereocenters. The van der Waals surface area contributed by atoms with Crippen molar-refractivity contribution in [1.82, 2.24) is 5.32 Å². The molecule has 0 aliphatic heterocycles. The number of benzene rings is 1. The highest BCUT2D eigenvalue weighted by molar-refractivity contribution is 5.39. The van der Waals surface area contributed by atoms with Crippen molar-refractivity contribution in [3.8, 4) is 0 Å². The van der Waals surface area contributed by atoms with Gasteiger partial charge in [-0.05, 0) is 56.3 Å². The molecule has 0 amide bonds. The molecule has 0 aliphatic carbocycles. The zero-order valence-electron chi connectivity index (χ0n) is 12.2. The van der Waals surface area contributed by atoms with E-state index >= 15 is 0 Å². The molecule has 1 atom stereocenters. The van der Waals surface area contributed by atoms with Crippen LogP contribution in [0.4, 0.5) is 0 Å².